The quantitative estimate of drug-likeness (QED) is 0.464. The second-order valence-corrected chi connectivity index (χ2v) is 3.15. The van der Waals surface area contributed by atoms with Crippen LogP contribution in [0, 0.1) is 11.3 Å². The van der Waals surface area contributed by atoms with Crippen LogP contribution in [-0.4, -0.2) is 23.3 Å². The summed E-state index contributed by atoms with van der Waals surface area (Å²) in [5.74, 6) is 0.732. The van der Waals surface area contributed by atoms with E-state index in [9.17, 15) is 0 Å². The first-order chi connectivity index (χ1) is 6.81. The Morgan fingerprint density at radius 2 is 2.43 bits per heavy atom. The lowest BCUT2D eigenvalue weighted by atomic mass is 10.3. The maximum Gasteiger partial charge on any atom is 0.189 e. The van der Waals surface area contributed by atoms with Crippen LogP contribution < -0.4 is 5.32 Å². The van der Waals surface area contributed by atoms with Crippen molar-refractivity contribution in [3.63, 3.8) is 0 Å². The molecule has 0 aliphatic heterocycles. The summed E-state index contributed by atoms with van der Waals surface area (Å²) in [7, 11) is 1.79. The van der Waals surface area contributed by atoms with Crippen LogP contribution in [-0.2, 0) is 0 Å². The minimum atomic E-state index is 0.712. The molecule has 0 unspecified atom stereocenters. The zero-order valence-corrected chi connectivity index (χ0v) is 8.80. The Morgan fingerprint density at radius 1 is 1.64 bits per heavy atom. The molecule has 0 aliphatic carbocycles. The van der Waals surface area contributed by atoms with Crippen molar-refractivity contribution in [1.82, 2.24) is 9.97 Å². The summed E-state index contributed by atoms with van der Waals surface area (Å²) < 4.78 is 0. The molecule has 5 heteroatoms. The number of allylic oxidation sites excluding steroid dienone is 1. The Bertz CT molecular complexity index is 381. The van der Waals surface area contributed by atoms with Gasteiger partial charge in [0.25, 0.3) is 0 Å². The van der Waals surface area contributed by atoms with Crippen LogP contribution in [0.1, 0.15) is 5.56 Å². The minimum absolute atomic E-state index is 0.712. The highest BCUT2D eigenvalue weighted by molar-refractivity contribution is 7.98. The van der Waals surface area contributed by atoms with Gasteiger partial charge in [0.05, 0.1) is 6.07 Å². The van der Waals surface area contributed by atoms with E-state index < -0.39 is 0 Å². The molecule has 1 heterocycles. The highest BCUT2D eigenvalue weighted by atomic mass is 32.2. The molecule has 72 valence electrons. The molecule has 0 amide bonds. The van der Waals surface area contributed by atoms with Gasteiger partial charge in [-0.2, -0.15) is 5.26 Å². The molecular formula is C9H10N4S. The van der Waals surface area contributed by atoms with Crippen LogP contribution in [0.3, 0.4) is 0 Å². The van der Waals surface area contributed by atoms with Crippen LogP contribution in [0.2, 0.25) is 0 Å². The Labute approximate surface area is 87.1 Å². The number of anilines is 1. The van der Waals surface area contributed by atoms with Crippen LogP contribution in [0.4, 0.5) is 5.82 Å². The topological polar surface area (TPSA) is 61.6 Å². The summed E-state index contributed by atoms with van der Waals surface area (Å²) >= 11 is 1.48. The average molecular weight is 206 g/mol. The molecule has 1 aromatic heterocycles. The van der Waals surface area contributed by atoms with E-state index in [1.54, 1.807) is 19.3 Å². The van der Waals surface area contributed by atoms with Gasteiger partial charge in [0.2, 0.25) is 0 Å². The van der Waals surface area contributed by atoms with E-state index in [0.29, 0.717) is 5.16 Å². The monoisotopic (exact) mass is 206 g/mol. The van der Waals surface area contributed by atoms with Gasteiger partial charge in [0, 0.05) is 24.9 Å². The van der Waals surface area contributed by atoms with Gasteiger partial charge in [-0.1, -0.05) is 11.8 Å². The smallest absolute Gasteiger partial charge is 0.189 e. The molecule has 0 atom stereocenters. The molecule has 1 N–H and O–H groups in total. The summed E-state index contributed by atoms with van der Waals surface area (Å²) in [4.78, 5) is 8.35. The largest absolute Gasteiger partial charge is 0.373 e. The van der Waals surface area contributed by atoms with Crippen molar-refractivity contribution in [3.8, 4) is 6.07 Å². The summed E-state index contributed by atoms with van der Waals surface area (Å²) in [6.45, 7) is 0. The molecular weight excluding hydrogens is 196 g/mol. The third kappa shape index (κ3) is 2.47. The number of hydrogen-bond donors (Lipinski definition) is 1. The van der Waals surface area contributed by atoms with Crippen molar-refractivity contribution >= 4 is 23.7 Å². The fourth-order valence-corrected chi connectivity index (χ4v) is 1.26. The summed E-state index contributed by atoms with van der Waals surface area (Å²) in [6.07, 6.45) is 6.69. The summed E-state index contributed by atoms with van der Waals surface area (Å²) in [6, 6.07) is 1.93. The molecule has 0 saturated carbocycles. The van der Waals surface area contributed by atoms with E-state index in [1.807, 2.05) is 12.3 Å². The number of rotatable bonds is 3. The molecule has 0 aliphatic rings. The predicted molar refractivity (Wildman–Crippen MR) is 58.0 cm³/mol. The molecule has 4 nitrogen and oxygen atoms in total. The molecule has 0 fully saturated rings. The van der Waals surface area contributed by atoms with E-state index >= 15 is 0 Å². The first kappa shape index (κ1) is 10.5. The van der Waals surface area contributed by atoms with E-state index in [1.165, 1.54) is 17.8 Å². The fourth-order valence-electron chi connectivity index (χ4n) is 0.923. The van der Waals surface area contributed by atoms with Crippen molar-refractivity contribution in [3.05, 3.63) is 17.8 Å². The number of nitrogens with one attached hydrogen (secondary N) is 1. The van der Waals surface area contributed by atoms with Crippen LogP contribution in [0.15, 0.2) is 17.4 Å². The summed E-state index contributed by atoms with van der Waals surface area (Å²) in [5.41, 5.74) is 0.812. The van der Waals surface area contributed by atoms with Crippen molar-refractivity contribution in [2.75, 3.05) is 18.6 Å². The zero-order chi connectivity index (χ0) is 10.4. The first-order valence-corrected chi connectivity index (χ1v) is 5.19. The number of nitrogens with zero attached hydrogens (tertiary/aromatic N) is 3. The van der Waals surface area contributed by atoms with Crippen LogP contribution in [0.25, 0.3) is 6.08 Å². The van der Waals surface area contributed by atoms with Gasteiger partial charge < -0.3 is 5.32 Å². The number of nitriles is 1. The molecule has 0 spiro atoms. The lowest BCUT2D eigenvalue weighted by Gasteiger charge is -2.04. The van der Waals surface area contributed by atoms with Gasteiger partial charge in [0.1, 0.15) is 5.82 Å². The number of hydrogen-bond acceptors (Lipinski definition) is 5. The SMILES string of the molecule is CNc1nc(SC)ncc1/C=C/C#N. The van der Waals surface area contributed by atoms with Crippen LogP contribution >= 0.6 is 11.8 Å². The van der Waals surface area contributed by atoms with Gasteiger partial charge in [-0.3, -0.25) is 0 Å². The molecule has 0 bridgehead atoms. The van der Waals surface area contributed by atoms with Gasteiger partial charge in [-0.25, -0.2) is 9.97 Å². The molecule has 1 rings (SSSR count). The molecule has 0 saturated heterocycles. The van der Waals surface area contributed by atoms with Crippen molar-refractivity contribution in [2.24, 2.45) is 0 Å². The van der Waals surface area contributed by atoms with E-state index in [4.69, 9.17) is 5.26 Å². The maximum atomic E-state index is 8.39. The Hall–Kier alpha value is -1.54. The van der Waals surface area contributed by atoms with Crippen LogP contribution in [0.5, 0.6) is 0 Å². The normalized spacial score (nSPS) is 10.1. The fraction of sp³-hybridized carbons (Fsp3) is 0.222. The van der Waals surface area contributed by atoms with Crippen molar-refractivity contribution in [1.29, 1.82) is 5.26 Å². The average Bonchev–Trinajstić information content (AvgIpc) is 2.26. The third-order valence-corrected chi connectivity index (χ3v) is 2.11. The minimum Gasteiger partial charge on any atom is -0.373 e. The highest BCUT2D eigenvalue weighted by Gasteiger charge is 2.01. The number of aromatic nitrogens is 2. The number of thioether (sulfide) groups is 1. The van der Waals surface area contributed by atoms with E-state index in [-0.39, 0.29) is 0 Å². The summed E-state index contributed by atoms with van der Waals surface area (Å²) in [5, 5.41) is 12.1. The van der Waals surface area contributed by atoms with Gasteiger partial charge in [-0.05, 0) is 12.3 Å². The van der Waals surface area contributed by atoms with E-state index in [0.717, 1.165) is 11.4 Å². The van der Waals surface area contributed by atoms with E-state index in [2.05, 4.69) is 15.3 Å². The van der Waals surface area contributed by atoms with Crippen molar-refractivity contribution in [2.45, 2.75) is 5.16 Å². The van der Waals surface area contributed by atoms with Crippen molar-refractivity contribution < 1.29 is 0 Å². The lowest BCUT2D eigenvalue weighted by Crippen LogP contribution is -1.98. The zero-order valence-electron chi connectivity index (χ0n) is 7.98. The third-order valence-electron chi connectivity index (χ3n) is 1.55. The standard InChI is InChI=1S/C9H10N4S/c1-11-8-7(4-3-5-10)6-12-9(13-8)14-2/h3-4,6H,1-2H3,(H,11,12,13)/b4-3+. The molecule has 1 aromatic rings. The Kier molecular flexibility index (Phi) is 3.95. The first-order valence-electron chi connectivity index (χ1n) is 3.96. The highest BCUT2D eigenvalue weighted by Crippen LogP contribution is 2.16. The lowest BCUT2D eigenvalue weighted by molar-refractivity contribution is 0.968. The van der Waals surface area contributed by atoms with Gasteiger partial charge in [0.15, 0.2) is 5.16 Å². The Morgan fingerprint density at radius 3 is 3.00 bits per heavy atom. The Balaban J connectivity index is 3.06. The maximum absolute atomic E-state index is 8.39. The second-order valence-electron chi connectivity index (χ2n) is 2.37. The predicted octanol–water partition coefficient (Wildman–Crippen LogP) is 1.78. The van der Waals surface area contributed by atoms with Gasteiger partial charge in [-0.15, -0.1) is 0 Å². The second kappa shape index (κ2) is 5.25. The molecule has 0 aromatic carbocycles. The molecule has 14 heavy (non-hydrogen) atoms. The van der Waals surface area contributed by atoms with Gasteiger partial charge >= 0.3 is 0 Å². The molecule has 0 radical (unpaired) electrons.